The lowest BCUT2D eigenvalue weighted by Gasteiger charge is -2.28. The van der Waals surface area contributed by atoms with Crippen LogP contribution in [0.15, 0.2) is 18.2 Å². The lowest BCUT2D eigenvalue weighted by Crippen LogP contribution is -2.46. The molecule has 1 N–H and O–H groups in total. The highest BCUT2D eigenvalue weighted by Gasteiger charge is 2.33. The molecule has 5 heteroatoms. The maximum atomic E-state index is 12.4. The molecule has 1 aromatic carbocycles. The van der Waals surface area contributed by atoms with Crippen molar-refractivity contribution in [2.45, 2.75) is 32.4 Å². The quantitative estimate of drug-likeness (QED) is 0.918. The normalized spacial score (nSPS) is 17.2. The number of ether oxygens (including phenoxy) is 1. The van der Waals surface area contributed by atoms with E-state index in [9.17, 15) is 4.79 Å². The fraction of sp³-hybridized carbons (Fsp3) is 0.500. The van der Waals surface area contributed by atoms with Gasteiger partial charge in [0.05, 0.1) is 6.61 Å². The Morgan fingerprint density at radius 2 is 2.32 bits per heavy atom. The average molecular weight is 284 g/mol. The largest absolute Gasteiger partial charge is 0.480 e. The van der Waals surface area contributed by atoms with Crippen molar-refractivity contribution in [3.63, 3.8) is 0 Å². The molecule has 0 spiro atoms. The zero-order valence-electron chi connectivity index (χ0n) is 11.1. The van der Waals surface area contributed by atoms with Crippen molar-refractivity contribution in [3.8, 4) is 5.75 Å². The van der Waals surface area contributed by atoms with Gasteiger partial charge in [-0.25, -0.2) is 0 Å². The van der Waals surface area contributed by atoms with Crippen LogP contribution >= 0.6 is 11.6 Å². The lowest BCUT2D eigenvalue weighted by atomic mass is 10.1. The van der Waals surface area contributed by atoms with E-state index in [0.717, 1.165) is 11.3 Å². The van der Waals surface area contributed by atoms with E-state index in [-0.39, 0.29) is 18.6 Å². The van der Waals surface area contributed by atoms with E-state index in [1.54, 1.807) is 17.0 Å². The van der Waals surface area contributed by atoms with Gasteiger partial charge in [-0.15, -0.1) is 0 Å². The van der Waals surface area contributed by atoms with Gasteiger partial charge in [0, 0.05) is 24.0 Å². The number of carbonyl (C=O) groups excluding carboxylic acids is 1. The van der Waals surface area contributed by atoms with Gasteiger partial charge in [-0.3, -0.25) is 4.79 Å². The van der Waals surface area contributed by atoms with Crippen molar-refractivity contribution in [1.29, 1.82) is 0 Å². The Morgan fingerprint density at radius 1 is 1.58 bits per heavy atom. The Bertz CT molecular complexity index is 476. The number of nitrogens with zero attached hydrogens (tertiary/aromatic N) is 1. The third-order valence-corrected chi connectivity index (χ3v) is 3.45. The van der Waals surface area contributed by atoms with Crippen molar-refractivity contribution in [1.82, 2.24) is 4.90 Å². The van der Waals surface area contributed by atoms with Crippen LogP contribution in [0.5, 0.6) is 5.75 Å². The number of carbonyl (C=O) groups is 1. The Hall–Kier alpha value is -1.26. The number of halogens is 1. The van der Waals surface area contributed by atoms with Crippen molar-refractivity contribution < 1.29 is 14.6 Å². The molecule has 0 fully saturated rings. The smallest absolute Gasteiger partial charge is 0.264 e. The summed E-state index contributed by atoms with van der Waals surface area (Å²) < 4.78 is 5.67. The average Bonchev–Trinajstić information content (AvgIpc) is 2.77. The highest BCUT2D eigenvalue weighted by molar-refractivity contribution is 6.30. The molecule has 0 saturated carbocycles. The summed E-state index contributed by atoms with van der Waals surface area (Å²) in [6.07, 6.45) is 0.0195. The Kier molecular flexibility index (Phi) is 4.32. The minimum atomic E-state index is -0.512. The molecule has 0 bridgehead atoms. The van der Waals surface area contributed by atoms with Gasteiger partial charge < -0.3 is 14.7 Å². The topological polar surface area (TPSA) is 49.8 Å². The number of aliphatic hydroxyl groups excluding tert-OH is 1. The molecule has 1 aliphatic heterocycles. The number of hydrogen-bond donors (Lipinski definition) is 1. The molecule has 1 aromatic rings. The van der Waals surface area contributed by atoms with Crippen LogP contribution in [0.1, 0.15) is 19.4 Å². The molecule has 1 atom stereocenters. The minimum Gasteiger partial charge on any atom is -0.480 e. The summed E-state index contributed by atoms with van der Waals surface area (Å²) in [6.45, 7) is 4.13. The molecule has 0 saturated heterocycles. The molecule has 19 heavy (non-hydrogen) atoms. The van der Waals surface area contributed by atoms with E-state index >= 15 is 0 Å². The Labute approximate surface area is 117 Å². The van der Waals surface area contributed by atoms with Gasteiger partial charge >= 0.3 is 0 Å². The summed E-state index contributed by atoms with van der Waals surface area (Å²) in [6, 6.07) is 5.41. The molecule has 1 heterocycles. The fourth-order valence-electron chi connectivity index (χ4n) is 2.27. The van der Waals surface area contributed by atoms with E-state index in [2.05, 4.69) is 0 Å². The second-order valence-corrected chi connectivity index (χ2v) is 5.35. The first-order chi connectivity index (χ1) is 9.02. The summed E-state index contributed by atoms with van der Waals surface area (Å²) in [5.74, 6) is 0.631. The van der Waals surface area contributed by atoms with E-state index in [0.29, 0.717) is 18.0 Å². The molecule has 104 valence electrons. The van der Waals surface area contributed by atoms with Crippen molar-refractivity contribution in [2.75, 3.05) is 13.2 Å². The van der Waals surface area contributed by atoms with E-state index in [1.807, 2.05) is 19.9 Å². The zero-order valence-corrected chi connectivity index (χ0v) is 11.9. The highest BCUT2D eigenvalue weighted by atomic mass is 35.5. The van der Waals surface area contributed by atoms with E-state index in [1.165, 1.54) is 0 Å². The van der Waals surface area contributed by atoms with Crippen LogP contribution in [0.25, 0.3) is 0 Å². The van der Waals surface area contributed by atoms with Crippen molar-refractivity contribution in [2.24, 2.45) is 0 Å². The maximum absolute atomic E-state index is 12.4. The third-order valence-electron chi connectivity index (χ3n) is 3.22. The molecule has 2 rings (SSSR count). The van der Waals surface area contributed by atoms with Gasteiger partial charge in [0.25, 0.3) is 5.91 Å². The monoisotopic (exact) mass is 283 g/mol. The minimum absolute atomic E-state index is 0.0375. The molecule has 0 aromatic heterocycles. The van der Waals surface area contributed by atoms with Gasteiger partial charge in [0.15, 0.2) is 6.10 Å². The molecule has 1 unspecified atom stereocenters. The predicted octanol–water partition coefficient (Wildman–Crippen LogP) is 1.87. The molecule has 1 aliphatic rings. The van der Waals surface area contributed by atoms with Gasteiger partial charge in [0.2, 0.25) is 0 Å². The molecular formula is C14H18ClNO3. The highest BCUT2D eigenvalue weighted by Crippen LogP contribution is 2.31. The zero-order chi connectivity index (χ0) is 14.0. The van der Waals surface area contributed by atoms with Crippen LogP contribution in [0.2, 0.25) is 5.02 Å². The predicted molar refractivity (Wildman–Crippen MR) is 73.5 cm³/mol. The summed E-state index contributed by atoms with van der Waals surface area (Å²) in [5, 5.41) is 9.68. The summed E-state index contributed by atoms with van der Waals surface area (Å²) in [4.78, 5) is 14.0. The number of rotatable bonds is 4. The SMILES string of the molecule is CC(C)N(CCO)C(=O)C1Cc2cc(Cl)ccc2O1. The standard InChI is InChI=1S/C14H18ClNO3/c1-9(2)16(5-6-17)14(18)13-8-10-7-11(15)3-4-12(10)19-13/h3-4,7,9,13,17H,5-6,8H2,1-2H3. The Balaban J connectivity index is 2.11. The second-order valence-electron chi connectivity index (χ2n) is 4.91. The number of hydrogen-bond acceptors (Lipinski definition) is 3. The van der Waals surface area contributed by atoms with Crippen LogP contribution in [-0.4, -0.2) is 41.2 Å². The van der Waals surface area contributed by atoms with Gasteiger partial charge in [-0.2, -0.15) is 0 Å². The Morgan fingerprint density at radius 3 is 2.95 bits per heavy atom. The lowest BCUT2D eigenvalue weighted by molar-refractivity contribution is -0.140. The fourth-order valence-corrected chi connectivity index (χ4v) is 2.47. The van der Waals surface area contributed by atoms with E-state index in [4.69, 9.17) is 21.4 Å². The summed E-state index contributed by atoms with van der Waals surface area (Å²) in [5.41, 5.74) is 0.957. The first-order valence-corrected chi connectivity index (χ1v) is 6.77. The molecule has 4 nitrogen and oxygen atoms in total. The molecular weight excluding hydrogens is 266 g/mol. The van der Waals surface area contributed by atoms with Crippen molar-refractivity contribution >= 4 is 17.5 Å². The molecule has 0 aliphatic carbocycles. The van der Waals surface area contributed by atoms with Crippen LogP contribution in [-0.2, 0) is 11.2 Å². The van der Waals surface area contributed by atoms with Gasteiger partial charge in [-0.1, -0.05) is 11.6 Å². The van der Waals surface area contributed by atoms with Gasteiger partial charge in [-0.05, 0) is 37.6 Å². The third kappa shape index (κ3) is 3.01. The van der Waals surface area contributed by atoms with Crippen LogP contribution in [0.4, 0.5) is 0 Å². The van der Waals surface area contributed by atoms with E-state index < -0.39 is 6.10 Å². The van der Waals surface area contributed by atoms with Crippen LogP contribution in [0.3, 0.4) is 0 Å². The second kappa shape index (κ2) is 5.80. The first kappa shape index (κ1) is 14.2. The summed E-state index contributed by atoms with van der Waals surface area (Å²) in [7, 11) is 0. The summed E-state index contributed by atoms with van der Waals surface area (Å²) >= 11 is 5.93. The van der Waals surface area contributed by atoms with Crippen LogP contribution in [0, 0.1) is 0 Å². The maximum Gasteiger partial charge on any atom is 0.264 e. The van der Waals surface area contributed by atoms with Crippen LogP contribution < -0.4 is 4.74 Å². The number of aliphatic hydroxyl groups is 1. The number of benzene rings is 1. The molecule has 0 radical (unpaired) electrons. The molecule has 1 amide bonds. The first-order valence-electron chi connectivity index (χ1n) is 6.39. The van der Waals surface area contributed by atoms with Crippen molar-refractivity contribution in [3.05, 3.63) is 28.8 Å². The van der Waals surface area contributed by atoms with Gasteiger partial charge in [0.1, 0.15) is 5.75 Å². The number of fused-ring (bicyclic) bond motifs is 1. The number of amides is 1.